The Morgan fingerprint density at radius 1 is 1.14 bits per heavy atom. The predicted molar refractivity (Wildman–Crippen MR) is 111 cm³/mol. The predicted octanol–water partition coefficient (Wildman–Crippen LogP) is 4.22. The van der Waals surface area contributed by atoms with Gasteiger partial charge in [-0.2, -0.15) is 0 Å². The third kappa shape index (κ3) is 6.29. The molecule has 0 bridgehead atoms. The maximum absolute atomic E-state index is 13.0. The molecule has 1 aliphatic rings. The molecule has 1 N–H and O–H groups in total. The van der Waals surface area contributed by atoms with Crippen LogP contribution in [-0.2, 0) is 11.2 Å². The topological polar surface area (TPSA) is 49.8 Å². The first-order valence-electron chi connectivity index (χ1n) is 10.4. The molecule has 2 aromatic rings. The molecule has 0 aromatic heterocycles. The van der Waals surface area contributed by atoms with Crippen molar-refractivity contribution in [1.82, 2.24) is 4.90 Å². The Balaban J connectivity index is 1.46. The maximum Gasteiger partial charge on any atom is 0.222 e. The Bertz CT molecular complexity index is 765. The molecular formula is C24H30FNO3. The second-order valence-electron chi connectivity index (χ2n) is 7.97. The molecule has 1 unspecified atom stereocenters. The third-order valence-electron chi connectivity index (χ3n) is 5.76. The number of aliphatic hydroxyl groups excluding tert-OH is 1. The van der Waals surface area contributed by atoms with Crippen molar-refractivity contribution in [1.29, 1.82) is 0 Å². The van der Waals surface area contributed by atoms with Crippen LogP contribution in [0.2, 0.25) is 0 Å². The molecule has 5 heteroatoms. The minimum Gasteiger partial charge on any atom is -0.494 e. The van der Waals surface area contributed by atoms with Gasteiger partial charge in [0, 0.05) is 24.9 Å². The van der Waals surface area contributed by atoms with Crippen LogP contribution in [0.5, 0.6) is 5.75 Å². The van der Waals surface area contributed by atoms with Gasteiger partial charge in [0.25, 0.3) is 0 Å². The van der Waals surface area contributed by atoms with Crippen LogP contribution in [0.15, 0.2) is 54.6 Å². The average molecular weight is 400 g/mol. The molecule has 0 spiro atoms. The lowest BCUT2D eigenvalue weighted by Crippen LogP contribution is -2.48. The van der Waals surface area contributed by atoms with E-state index in [0.29, 0.717) is 19.6 Å². The van der Waals surface area contributed by atoms with Crippen LogP contribution in [0.4, 0.5) is 4.39 Å². The monoisotopic (exact) mass is 399 g/mol. The number of piperidine rings is 1. The fourth-order valence-electron chi connectivity index (χ4n) is 3.99. The number of likely N-dealkylation sites (tertiary alicyclic amines) is 1. The number of para-hydroxylation sites is 1. The maximum atomic E-state index is 13.0. The van der Waals surface area contributed by atoms with Gasteiger partial charge in [0.05, 0.1) is 13.2 Å². The van der Waals surface area contributed by atoms with Gasteiger partial charge >= 0.3 is 0 Å². The Kier molecular flexibility index (Phi) is 7.64. The molecular weight excluding hydrogens is 369 g/mol. The third-order valence-corrected chi connectivity index (χ3v) is 5.76. The van der Waals surface area contributed by atoms with Gasteiger partial charge in [0.1, 0.15) is 11.6 Å². The summed E-state index contributed by atoms with van der Waals surface area (Å²) < 4.78 is 18.8. The second-order valence-corrected chi connectivity index (χ2v) is 7.97. The summed E-state index contributed by atoms with van der Waals surface area (Å²) in [5.41, 5.74) is 0.750. The Morgan fingerprint density at radius 3 is 2.62 bits per heavy atom. The summed E-state index contributed by atoms with van der Waals surface area (Å²) in [6, 6.07) is 16.1. The summed E-state index contributed by atoms with van der Waals surface area (Å²) in [5.74, 6) is 0.716. The van der Waals surface area contributed by atoms with Gasteiger partial charge < -0.3 is 14.7 Å². The molecule has 3 rings (SSSR count). The molecule has 1 fully saturated rings. The fraction of sp³-hybridized carbons (Fsp3) is 0.458. The van der Waals surface area contributed by atoms with Gasteiger partial charge in [0.15, 0.2) is 0 Å². The van der Waals surface area contributed by atoms with Crippen molar-refractivity contribution in [2.24, 2.45) is 5.41 Å². The lowest BCUT2D eigenvalue weighted by Gasteiger charge is -2.42. The first-order chi connectivity index (χ1) is 14.1. The molecule has 1 saturated heterocycles. The Hall–Kier alpha value is -2.40. The number of ether oxygens (including phenoxy) is 1. The smallest absolute Gasteiger partial charge is 0.222 e. The zero-order chi connectivity index (χ0) is 20.5. The van der Waals surface area contributed by atoms with E-state index in [9.17, 15) is 14.3 Å². The Morgan fingerprint density at radius 2 is 1.90 bits per heavy atom. The molecule has 1 aliphatic heterocycles. The van der Waals surface area contributed by atoms with Gasteiger partial charge in [0.2, 0.25) is 5.91 Å². The minimum absolute atomic E-state index is 0.0600. The Labute approximate surface area is 172 Å². The highest BCUT2D eigenvalue weighted by Gasteiger charge is 2.36. The van der Waals surface area contributed by atoms with E-state index in [2.05, 4.69) is 0 Å². The van der Waals surface area contributed by atoms with Crippen LogP contribution in [0.3, 0.4) is 0 Å². The van der Waals surface area contributed by atoms with Crippen LogP contribution in [-0.4, -0.2) is 42.2 Å². The number of aliphatic hydroxyl groups is 1. The lowest BCUT2D eigenvalue weighted by atomic mass is 9.78. The van der Waals surface area contributed by atoms with Crippen molar-refractivity contribution in [3.8, 4) is 5.75 Å². The number of aryl methyl sites for hydroxylation is 1. The number of carbonyl (C=O) groups is 1. The summed E-state index contributed by atoms with van der Waals surface area (Å²) in [7, 11) is 0. The molecule has 0 aliphatic carbocycles. The summed E-state index contributed by atoms with van der Waals surface area (Å²) >= 11 is 0. The van der Waals surface area contributed by atoms with Crippen molar-refractivity contribution >= 4 is 5.91 Å². The van der Waals surface area contributed by atoms with Gasteiger partial charge in [-0.15, -0.1) is 0 Å². The number of halogens is 1. The van der Waals surface area contributed by atoms with Crippen LogP contribution in [0.25, 0.3) is 0 Å². The number of hydrogen-bond donors (Lipinski definition) is 1. The molecule has 1 atom stereocenters. The van der Waals surface area contributed by atoms with Gasteiger partial charge in [-0.25, -0.2) is 4.39 Å². The summed E-state index contributed by atoms with van der Waals surface area (Å²) in [4.78, 5) is 14.6. The zero-order valence-corrected chi connectivity index (χ0v) is 16.9. The normalized spacial score (nSPS) is 19.2. The number of hydrogen-bond acceptors (Lipinski definition) is 3. The van der Waals surface area contributed by atoms with Gasteiger partial charge in [-0.3, -0.25) is 4.79 Å². The van der Waals surface area contributed by atoms with Crippen molar-refractivity contribution in [3.63, 3.8) is 0 Å². The van der Waals surface area contributed by atoms with Gasteiger partial charge in [-0.1, -0.05) is 30.3 Å². The van der Waals surface area contributed by atoms with E-state index in [1.54, 1.807) is 12.1 Å². The SMILES string of the molecule is O=C(CCCc1ccc(F)cc1)N1CCCC(CO)(CCOc2ccccc2)C1. The number of carbonyl (C=O) groups excluding carboxylic acids is 1. The van der Waals surface area contributed by atoms with E-state index in [0.717, 1.165) is 50.0 Å². The van der Waals surface area contributed by atoms with Crippen molar-refractivity contribution < 1.29 is 19.0 Å². The van der Waals surface area contributed by atoms with Crippen LogP contribution >= 0.6 is 0 Å². The van der Waals surface area contributed by atoms with Crippen LogP contribution in [0.1, 0.15) is 37.7 Å². The number of nitrogens with zero attached hydrogens (tertiary/aromatic N) is 1. The largest absolute Gasteiger partial charge is 0.494 e. The lowest BCUT2D eigenvalue weighted by molar-refractivity contribution is -0.136. The highest BCUT2D eigenvalue weighted by molar-refractivity contribution is 5.76. The highest BCUT2D eigenvalue weighted by atomic mass is 19.1. The summed E-state index contributed by atoms with van der Waals surface area (Å²) in [6.07, 6.45) is 4.49. The molecule has 2 aromatic carbocycles. The molecule has 0 radical (unpaired) electrons. The number of benzene rings is 2. The van der Waals surface area contributed by atoms with Gasteiger partial charge in [-0.05, 0) is 61.9 Å². The van der Waals surface area contributed by atoms with Crippen LogP contribution < -0.4 is 4.74 Å². The molecule has 156 valence electrons. The van der Waals surface area contributed by atoms with E-state index in [4.69, 9.17) is 4.74 Å². The van der Waals surface area contributed by atoms with Crippen molar-refractivity contribution in [2.75, 3.05) is 26.3 Å². The minimum atomic E-state index is -0.292. The molecule has 1 amide bonds. The molecule has 29 heavy (non-hydrogen) atoms. The fourth-order valence-corrected chi connectivity index (χ4v) is 3.99. The van der Waals surface area contributed by atoms with Crippen molar-refractivity contribution in [3.05, 3.63) is 66.0 Å². The zero-order valence-electron chi connectivity index (χ0n) is 16.9. The van der Waals surface area contributed by atoms with E-state index in [1.807, 2.05) is 35.2 Å². The molecule has 0 saturated carbocycles. The number of rotatable bonds is 9. The highest BCUT2D eigenvalue weighted by Crippen LogP contribution is 2.33. The second kappa shape index (κ2) is 10.4. The average Bonchev–Trinajstić information content (AvgIpc) is 2.76. The quantitative estimate of drug-likeness (QED) is 0.687. The summed E-state index contributed by atoms with van der Waals surface area (Å²) in [5, 5.41) is 10.1. The van der Waals surface area contributed by atoms with Crippen LogP contribution in [0, 0.1) is 11.2 Å². The van der Waals surface area contributed by atoms with E-state index in [1.165, 1.54) is 12.1 Å². The molecule has 1 heterocycles. The van der Waals surface area contributed by atoms with E-state index < -0.39 is 0 Å². The number of amides is 1. The first-order valence-corrected chi connectivity index (χ1v) is 10.4. The first kappa shape index (κ1) is 21.3. The van der Waals surface area contributed by atoms with E-state index in [-0.39, 0.29) is 23.7 Å². The molecule has 4 nitrogen and oxygen atoms in total. The van der Waals surface area contributed by atoms with E-state index >= 15 is 0 Å². The van der Waals surface area contributed by atoms with Crippen molar-refractivity contribution in [2.45, 2.75) is 38.5 Å². The standard InChI is InChI=1S/C24H30FNO3/c25-21-12-10-20(11-13-21)6-4-9-23(28)26-16-5-14-24(18-26,19-27)15-17-29-22-7-2-1-3-8-22/h1-3,7-8,10-13,27H,4-6,9,14-19H2. The summed E-state index contributed by atoms with van der Waals surface area (Å²) in [6.45, 7) is 1.91.